The van der Waals surface area contributed by atoms with E-state index in [2.05, 4.69) is 26.6 Å². The van der Waals surface area contributed by atoms with Gasteiger partial charge in [0.2, 0.25) is 0 Å². The predicted octanol–water partition coefficient (Wildman–Crippen LogP) is 3.00. The second kappa shape index (κ2) is 7.79. The zero-order valence-electron chi connectivity index (χ0n) is 11.6. The van der Waals surface area contributed by atoms with Crippen LogP contribution in [0.3, 0.4) is 0 Å². The molecule has 2 rings (SSSR count). The summed E-state index contributed by atoms with van der Waals surface area (Å²) in [4.78, 5) is 24.2. The van der Waals surface area contributed by atoms with Crippen LogP contribution in [0.4, 0.5) is 4.79 Å². The third kappa shape index (κ3) is 5.00. The largest absolute Gasteiger partial charge is 0.481 e. The van der Waals surface area contributed by atoms with Crippen LogP contribution in [-0.2, 0) is 11.2 Å². The maximum Gasteiger partial charge on any atom is 0.315 e. The molecule has 2 atom stereocenters. The van der Waals surface area contributed by atoms with E-state index in [-0.39, 0.29) is 12.1 Å². The van der Waals surface area contributed by atoms with Gasteiger partial charge in [-0.05, 0) is 47.3 Å². The first kappa shape index (κ1) is 16.3. The average molecular weight is 375 g/mol. The van der Waals surface area contributed by atoms with Crippen molar-refractivity contribution < 1.29 is 14.7 Å². The van der Waals surface area contributed by atoms with Crippen molar-refractivity contribution in [1.29, 1.82) is 0 Å². The second-order valence-corrected chi connectivity index (χ2v) is 7.74. The van der Waals surface area contributed by atoms with Gasteiger partial charge in [0, 0.05) is 17.5 Å². The number of hydrogen-bond donors (Lipinski definition) is 3. The lowest BCUT2D eigenvalue weighted by Gasteiger charge is -2.29. The van der Waals surface area contributed by atoms with Crippen molar-refractivity contribution in [3.05, 3.63) is 20.8 Å². The molecule has 0 spiro atoms. The molecule has 1 aromatic rings. The summed E-state index contributed by atoms with van der Waals surface area (Å²) in [6.07, 6.45) is 4.05. The Balaban J connectivity index is 1.74. The van der Waals surface area contributed by atoms with Gasteiger partial charge in [0.05, 0.1) is 9.70 Å². The molecule has 21 heavy (non-hydrogen) atoms. The normalized spacial score (nSPS) is 21.8. The van der Waals surface area contributed by atoms with E-state index in [1.54, 1.807) is 11.3 Å². The van der Waals surface area contributed by atoms with Crippen LogP contribution in [0, 0.1) is 5.92 Å². The quantitative estimate of drug-likeness (QED) is 0.740. The number of halogens is 1. The van der Waals surface area contributed by atoms with Crippen LogP contribution in [0.1, 0.15) is 30.6 Å². The van der Waals surface area contributed by atoms with Gasteiger partial charge >= 0.3 is 12.0 Å². The first-order valence-electron chi connectivity index (χ1n) is 7.07. The Bertz CT molecular complexity index is 506. The highest BCUT2D eigenvalue weighted by molar-refractivity contribution is 9.11. The molecule has 1 aromatic heterocycles. The lowest BCUT2D eigenvalue weighted by molar-refractivity contribution is -0.143. The van der Waals surface area contributed by atoms with Gasteiger partial charge in [-0.1, -0.05) is 12.8 Å². The summed E-state index contributed by atoms with van der Waals surface area (Å²) in [7, 11) is 0. The zero-order chi connectivity index (χ0) is 15.2. The Morgan fingerprint density at radius 1 is 1.33 bits per heavy atom. The number of amides is 2. The monoisotopic (exact) mass is 374 g/mol. The minimum atomic E-state index is -0.816. The highest BCUT2D eigenvalue weighted by Gasteiger charge is 2.31. The fourth-order valence-corrected chi connectivity index (χ4v) is 4.09. The van der Waals surface area contributed by atoms with Crippen molar-refractivity contribution >= 4 is 39.3 Å². The summed E-state index contributed by atoms with van der Waals surface area (Å²) in [5.41, 5.74) is 0. The molecule has 116 valence electrons. The van der Waals surface area contributed by atoms with E-state index >= 15 is 0 Å². The van der Waals surface area contributed by atoms with Crippen LogP contribution in [0.2, 0.25) is 0 Å². The third-order valence-electron chi connectivity index (χ3n) is 3.69. The van der Waals surface area contributed by atoms with Gasteiger partial charge in [0.25, 0.3) is 0 Å². The molecule has 0 bridgehead atoms. The summed E-state index contributed by atoms with van der Waals surface area (Å²) < 4.78 is 1.08. The highest BCUT2D eigenvalue weighted by Crippen LogP contribution is 2.24. The van der Waals surface area contributed by atoms with Crippen LogP contribution >= 0.6 is 27.3 Å². The van der Waals surface area contributed by atoms with E-state index in [0.717, 1.165) is 29.5 Å². The molecule has 3 N–H and O–H groups in total. The van der Waals surface area contributed by atoms with Crippen molar-refractivity contribution in [3.8, 4) is 0 Å². The van der Waals surface area contributed by atoms with E-state index in [0.29, 0.717) is 13.0 Å². The van der Waals surface area contributed by atoms with Crippen molar-refractivity contribution in [2.45, 2.75) is 38.1 Å². The number of nitrogens with one attached hydrogen (secondary N) is 2. The number of urea groups is 1. The Kier molecular flexibility index (Phi) is 6.05. The van der Waals surface area contributed by atoms with Gasteiger partial charge in [0.1, 0.15) is 0 Å². The minimum absolute atomic E-state index is 0.257. The molecule has 2 amide bonds. The summed E-state index contributed by atoms with van der Waals surface area (Å²) in [5, 5.41) is 14.8. The van der Waals surface area contributed by atoms with Gasteiger partial charge in [0.15, 0.2) is 0 Å². The molecule has 0 aliphatic heterocycles. The number of carbonyl (C=O) groups is 2. The van der Waals surface area contributed by atoms with Gasteiger partial charge < -0.3 is 15.7 Å². The fraction of sp³-hybridized carbons (Fsp3) is 0.571. The molecule has 0 aromatic carbocycles. The van der Waals surface area contributed by atoms with E-state index < -0.39 is 11.9 Å². The lowest BCUT2D eigenvalue weighted by Crippen LogP contribution is -2.49. The zero-order valence-corrected chi connectivity index (χ0v) is 14.0. The molecule has 1 saturated carbocycles. The van der Waals surface area contributed by atoms with Gasteiger partial charge in [-0.15, -0.1) is 11.3 Å². The number of carboxylic acid groups (broad SMARTS) is 1. The fourth-order valence-electron chi connectivity index (χ4n) is 2.60. The number of aliphatic carboxylic acids is 1. The lowest BCUT2D eigenvalue weighted by atomic mass is 9.84. The van der Waals surface area contributed by atoms with Gasteiger partial charge in [-0.2, -0.15) is 0 Å². The first-order chi connectivity index (χ1) is 10.1. The Morgan fingerprint density at radius 2 is 2.10 bits per heavy atom. The number of rotatable bonds is 5. The molecule has 0 radical (unpaired) electrons. The van der Waals surface area contributed by atoms with Crippen LogP contribution in [-0.4, -0.2) is 29.7 Å². The Hall–Kier alpha value is -1.08. The van der Waals surface area contributed by atoms with Crippen LogP contribution in [0.15, 0.2) is 15.9 Å². The summed E-state index contributed by atoms with van der Waals surface area (Å²) in [5.74, 6) is -1.28. The molecule has 1 aliphatic rings. The standard InChI is InChI=1S/C14H19BrN2O3S/c15-12-6-5-9(21-12)7-8-16-14(20)17-11-4-2-1-3-10(11)13(18)19/h5-6,10-11H,1-4,7-8H2,(H,18,19)(H2,16,17,20). The third-order valence-corrected chi connectivity index (χ3v) is 5.37. The molecular formula is C14H19BrN2O3S. The minimum Gasteiger partial charge on any atom is -0.481 e. The average Bonchev–Trinajstić information content (AvgIpc) is 2.85. The number of thiophene rings is 1. The number of carbonyl (C=O) groups excluding carboxylic acids is 1. The van der Waals surface area contributed by atoms with Gasteiger partial charge in [-0.25, -0.2) is 4.79 Å². The first-order valence-corrected chi connectivity index (χ1v) is 8.68. The van der Waals surface area contributed by atoms with Crippen molar-refractivity contribution in [2.24, 2.45) is 5.92 Å². The molecular weight excluding hydrogens is 356 g/mol. The van der Waals surface area contributed by atoms with E-state index in [9.17, 15) is 14.7 Å². The van der Waals surface area contributed by atoms with Crippen LogP contribution in [0.25, 0.3) is 0 Å². The topological polar surface area (TPSA) is 78.4 Å². The van der Waals surface area contributed by atoms with E-state index in [1.165, 1.54) is 4.88 Å². The second-order valence-electron chi connectivity index (χ2n) is 5.19. The summed E-state index contributed by atoms with van der Waals surface area (Å²) >= 11 is 5.05. The maximum atomic E-state index is 11.9. The van der Waals surface area contributed by atoms with E-state index in [4.69, 9.17) is 0 Å². The van der Waals surface area contributed by atoms with E-state index in [1.807, 2.05) is 12.1 Å². The number of hydrogen-bond acceptors (Lipinski definition) is 3. The SMILES string of the molecule is O=C(NCCc1ccc(Br)s1)NC1CCCCC1C(=O)O. The highest BCUT2D eigenvalue weighted by atomic mass is 79.9. The smallest absolute Gasteiger partial charge is 0.315 e. The molecule has 1 aliphatic carbocycles. The van der Waals surface area contributed by atoms with Gasteiger partial charge in [-0.3, -0.25) is 4.79 Å². The van der Waals surface area contributed by atoms with Crippen LogP contribution in [0.5, 0.6) is 0 Å². The van der Waals surface area contributed by atoms with Crippen molar-refractivity contribution in [2.75, 3.05) is 6.54 Å². The maximum absolute atomic E-state index is 11.9. The number of carboxylic acids is 1. The van der Waals surface area contributed by atoms with Crippen molar-refractivity contribution in [1.82, 2.24) is 10.6 Å². The molecule has 7 heteroatoms. The Morgan fingerprint density at radius 3 is 2.76 bits per heavy atom. The molecule has 5 nitrogen and oxygen atoms in total. The molecule has 1 fully saturated rings. The van der Waals surface area contributed by atoms with Crippen molar-refractivity contribution in [3.63, 3.8) is 0 Å². The van der Waals surface area contributed by atoms with Crippen LogP contribution < -0.4 is 10.6 Å². The Labute approximate surface area is 136 Å². The molecule has 0 saturated heterocycles. The summed E-state index contributed by atoms with van der Waals surface area (Å²) in [6, 6.07) is 3.48. The molecule has 1 heterocycles. The molecule has 2 unspecified atom stereocenters. The predicted molar refractivity (Wildman–Crippen MR) is 85.6 cm³/mol. The summed E-state index contributed by atoms with van der Waals surface area (Å²) in [6.45, 7) is 0.545.